The molecule has 0 aliphatic heterocycles. The monoisotopic (exact) mass is 310 g/mol. The third kappa shape index (κ3) is 4.88. The molecule has 0 bridgehead atoms. The highest BCUT2D eigenvalue weighted by Crippen LogP contribution is 2.27. The Morgan fingerprint density at radius 2 is 2.10 bits per heavy atom. The highest BCUT2D eigenvalue weighted by atomic mass is 32.1. The van der Waals surface area contributed by atoms with Crippen LogP contribution in [0.4, 0.5) is 10.9 Å². The summed E-state index contributed by atoms with van der Waals surface area (Å²) in [6.45, 7) is 3.66. The van der Waals surface area contributed by atoms with E-state index in [9.17, 15) is 4.79 Å². The van der Waals surface area contributed by atoms with Crippen LogP contribution in [0.25, 0.3) is 0 Å². The summed E-state index contributed by atoms with van der Waals surface area (Å²) in [6.07, 6.45) is 8.76. The number of rotatable bonds is 7. The average Bonchev–Trinajstić information content (AvgIpc) is 2.87. The van der Waals surface area contributed by atoms with Crippen molar-refractivity contribution >= 4 is 28.2 Å². The van der Waals surface area contributed by atoms with Crippen molar-refractivity contribution in [2.75, 3.05) is 24.1 Å². The highest BCUT2D eigenvalue weighted by molar-refractivity contribution is 7.18. The Labute approximate surface area is 130 Å². The molecule has 1 fully saturated rings. The maximum absolute atomic E-state index is 12.1. The lowest BCUT2D eigenvalue weighted by Crippen LogP contribution is -2.26. The number of aromatic nitrogens is 1. The van der Waals surface area contributed by atoms with Crippen LogP contribution in [-0.2, 0) is 0 Å². The molecule has 1 aromatic heterocycles. The Morgan fingerprint density at radius 1 is 1.33 bits per heavy atom. The number of nitrogen functional groups attached to an aromatic ring is 1. The number of nitrogens with one attached hydrogen (secondary N) is 2. The molecule has 118 valence electrons. The van der Waals surface area contributed by atoms with Crippen LogP contribution in [0.15, 0.2) is 0 Å². The van der Waals surface area contributed by atoms with Crippen molar-refractivity contribution in [1.29, 1.82) is 0 Å². The van der Waals surface area contributed by atoms with E-state index >= 15 is 0 Å². The number of nitrogens with zero attached hydrogens (tertiary/aromatic N) is 1. The molecule has 0 radical (unpaired) electrons. The molecule has 0 atom stereocenters. The first kappa shape index (κ1) is 16.1. The average molecular weight is 310 g/mol. The summed E-state index contributed by atoms with van der Waals surface area (Å²) in [6, 6.07) is 0. The Bertz CT molecular complexity index is 455. The van der Waals surface area contributed by atoms with Gasteiger partial charge in [-0.05, 0) is 18.8 Å². The summed E-state index contributed by atoms with van der Waals surface area (Å²) >= 11 is 1.33. The van der Waals surface area contributed by atoms with Gasteiger partial charge in [0.05, 0.1) is 0 Å². The van der Waals surface area contributed by atoms with Crippen molar-refractivity contribution in [2.45, 2.75) is 51.9 Å². The zero-order valence-electron chi connectivity index (χ0n) is 12.8. The van der Waals surface area contributed by atoms with E-state index in [1.54, 1.807) is 0 Å². The Kier molecular flexibility index (Phi) is 6.29. The number of amides is 1. The summed E-state index contributed by atoms with van der Waals surface area (Å²) in [5, 5.41) is 6.87. The third-order valence-corrected chi connectivity index (χ3v) is 4.98. The van der Waals surface area contributed by atoms with Gasteiger partial charge in [0.1, 0.15) is 10.7 Å². The van der Waals surface area contributed by atoms with Gasteiger partial charge < -0.3 is 16.4 Å². The lowest BCUT2D eigenvalue weighted by Gasteiger charge is -2.21. The van der Waals surface area contributed by atoms with Crippen LogP contribution >= 0.6 is 11.3 Å². The fourth-order valence-electron chi connectivity index (χ4n) is 2.75. The van der Waals surface area contributed by atoms with E-state index in [4.69, 9.17) is 5.73 Å². The topological polar surface area (TPSA) is 80.0 Å². The van der Waals surface area contributed by atoms with Gasteiger partial charge in [0, 0.05) is 13.1 Å². The molecule has 2 rings (SSSR count). The predicted molar refractivity (Wildman–Crippen MR) is 88.8 cm³/mol. The molecule has 1 amide bonds. The van der Waals surface area contributed by atoms with Gasteiger partial charge in [-0.25, -0.2) is 4.98 Å². The minimum atomic E-state index is -0.0923. The van der Waals surface area contributed by atoms with Crippen molar-refractivity contribution in [3.8, 4) is 0 Å². The van der Waals surface area contributed by atoms with E-state index in [1.807, 2.05) is 0 Å². The zero-order chi connectivity index (χ0) is 15.1. The third-order valence-electron chi connectivity index (χ3n) is 3.95. The smallest absolute Gasteiger partial charge is 0.265 e. The molecule has 21 heavy (non-hydrogen) atoms. The van der Waals surface area contributed by atoms with Crippen molar-refractivity contribution in [2.24, 2.45) is 5.92 Å². The van der Waals surface area contributed by atoms with Gasteiger partial charge in [0.15, 0.2) is 5.13 Å². The predicted octanol–water partition coefficient (Wildman–Crippen LogP) is 3.25. The van der Waals surface area contributed by atoms with Crippen LogP contribution in [0.2, 0.25) is 0 Å². The second-order valence-corrected chi connectivity index (χ2v) is 6.71. The number of anilines is 2. The van der Waals surface area contributed by atoms with Crippen LogP contribution in [0.1, 0.15) is 61.5 Å². The summed E-state index contributed by atoms with van der Waals surface area (Å²) < 4.78 is 0. The largest absolute Gasteiger partial charge is 0.382 e. The molecule has 1 aromatic rings. The molecule has 1 aliphatic rings. The minimum absolute atomic E-state index is 0.0923. The van der Waals surface area contributed by atoms with Crippen LogP contribution in [0.5, 0.6) is 0 Å². The van der Waals surface area contributed by atoms with Crippen LogP contribution in [0, 0.1) is 5.92 Å². The number of carbonyl (C=O) groups is 1. The first-order chi connectivity index (χ1) is 10.2. The van der Waals surface area contributed by atoms with E-state index in [0.29, 0.717) is 10.7 Å². The molecule has 4 N–H and O–H groups in total. The summed E-state index contributed by atoms with van der Waals surface area (Å²) in [5.74, 6) is 1.01. The van der Waals surface area contributed by atoms with E-state index in [-0.39, 0.29) is 5.91 Å². The number of carbonyl (C=O) groups excluding carboxylic acids is 1. The first-order valence-corrected chi connectivity index (χ1v) is 8.80. The lowest BCUT2D eigenvalue weighted by atomic mass is 9.87. The molecule has 0 saturated heterocycles. The number of hydrogen-bond donors (Lipinski definition) is 3. The van der Waals surface area contributed by atoms with E-state index in [1.165, 1.54) is 43.4 Å². The van der Waals surface area contributed by atoms with Gasteiger partial charge in [0.2, 0.25) is 0 Å². The van der Waals surface area contributed by atoms with Gasteiger partial charge >= 0.3 is 0 Å². The maximum atomic E-state index is 12.1. The van der Waals surface area contributed by atoms with E-state index < -0.39 is 0 Å². The fraction of sp³-hybridized carbons (Fsp3) is 0.733. The second-order valence-electron chi connectivity index (χ2n) is 5.71. The molecule has 1 heterocycles. The molecule has 6 heteroatoms. The lowest BCUT2D eigenvalue weighted by molar-refractivity contribution is 0.0955. The molecule has 1 saturated carbocycles. The highest BCUT2D eigenvalue weighted by Gasteiger charge is 2.17. The Morgan fingerprint density at radius 3 is 2.81 bits per heavy atom. The number of thiazole rings is 1. The quantitative estimate of drug-likeness (QED) is 0.722. The normalized spacial score (nSPS) is 15.9. The van der Waals surface area contributed by atoms with Crippen molar-refractivity contribution in [3.05, 3.63) is 4.88 Å². The minimum Gasteiger partial charge on any atom is -0.382 e. The molecular formula is C15H26N4OS. The summed E-state index contributed by atoms with van der Waals surface area (Å²) in [4.78, 5) is 16.9. The fourth-order valence-corrected chi connectivity index (χ4v) is 3.57. The van der Waals surface area contributed by atoms with E-state index in [0.717, 1.165) is 37.0 Å². The standard InChI is InChI=1S/C15H26N4OS/c1-2-9-18-15-19-13(16)12(21-15)14(20)17-10-8-11-6-4-3-5-7-11/h11H,2-10,16H2,1H3,(H,17,20)(H,18,19). The molecule has 0 aromatic carbocycles. The van der Waals surface area contributed by atoms with Crippen LogP contribution < -0.4 is 16.4 Å². The van der Waals surface area contributed by atoms with Crippen LogP contribution in [-0.4, -0.2) is 24.0 Å². The number of nitrogens with two attached hydrogens (primary N) is 1. The summed E-state index contributed by atoms with van der Waals surface area (Å²) in [5.41, 5.74) is 5.83. The second kappa shape index (κ2) is 8.22. The maximum Gasteiger partial charge on any atom is 0.265 e. The summed E-state index contributed by atoms with van der Waals surface area (Å²) in [7, 11) is 0. The van der Waals surface area contributed by atoms with Gasteiger partial charge in [0.25, 0.3) is 5.91 Å². The van der Waals surface area contributed by atoms with Crippen molar-refractivity contribution in [1.82, 2.24) is 10.3 Å². The SMILES string of the molecule is CCCNc1nc(N)c(C(=O)NCCC2CCCCC2)s1. The Hall–Kier alpha value is -1.30. The molecular weight excluding hydrogens is 284 g/mol. The van der Waals surface area contributed by atoms with Gasteiger partial charge in [-0.2, -0.15) is 0 Å². The number of hydrogen-bond acceptors (Lipinski definition) is 5. The van der Waals surface area contributed by atoms with Gasteiger partial charge in [-0.15, -0.1) is 0 Å². The van der Waals surface area contributed by atoms with Gasteiger partial charge in [-0.3, -0.25) is 4.79 Å². The van der Waals surface area contributed by atoms with Crippen molar-refractivity contribution in [3.63, 3.8) is 0 Å². The molecule has 5 nitrogen and oxygen atoms in total. The van der Waals surface area contributed by atoms with Crippen molar-refractivity contribution < 1.29 is 4.79 Å². The Balaban J connectivity index is 1.78. The van der Waals surface area contributed by atoms with Crippen LogP contribution in [0.3, 0.4) is 0 Å². The zero-order valence-corrected chi connectivity index (χ0v) is 13.6. The molecule has 1 aliphatic carbocycles. The van der Waals surface area contributed by atoms with E-state index in [2.05, 4.69) is 22.5 Å². The molecule has 0 unspecified atom stereocenters. The first-order valence-electron chi connectivity index (χ1n) is 7.99. The van der Waals surface area contributed by atoms with Gasteiger partial charge in [-0.1, -0.05) is 50.4 Å². The molecule has 0 spiro atoms.